The number of aliphatic hydroxyl groups excluding tert-OH is 1. The summed E-state index contributed by atoms with van der Waals surface area (Å²) < 4.78 is 1.07. The van der Waals surface area contributed by atoms with Gasteiger partial charge in [-0.25, -0.2) is 0 Å². The van der Waals surface area contributed by atoms with Crippen molar-refractivity contribution in [2.24, 2.45) is 0 Å². The molecule has 14 heavy (non-hydrogen) atoms. The van der Waals surface area contributed by atoms with Crippen LogP contribution in [0.3, 0.4) is 0 Å². The third-order valence-corrected chi connectivity index (χ3v) is 2.99. The molecule has 0 atom stereocenters. The average molecular weight is 305 g/mol. The Labute approximate surface area is 96.7 Å². The molecule has 0 aliphatic carbocycles. The first kappa shape index (κ1) is 11.5. The quantitative estimate of drug-likeness (QED) is 0.828. The van der Waals surface area contributed by atoms with Gasteiger partial charge >= 0.3 is 0 Å². The van der Waals surface area contributed by atoms with Crippen LogP contribution in [0.4, 0.5) is 0 Å². The van der Waals surface area contributed by atoms with Gasteiger partial charge in [-0.1, -0.05) is 6.07 Å². The van der Waals surface area contributed by atoms with Crippen molar-refractivity contribution in [3.8, 4) is 0 Å². The van der Waals surface area contributed by atoms with E-state index >= 15 is 0 Å². The van der Waals surface area contributed by atoms with Gasteiger partial charge in [0.25, 0.3) is 5.91 Å². The van der Waals surface area contributed by atoms with Crippen molar-refractivity contribution in [2.45, 2.75) is 6.92 Å². The first-order valence-electron chi connectivity index (χ1n) is 4.30. The highest BCUT2D eigenvalue weighted by atomic mass is 127. The zero-order valence-electron chi connectivity index (χ0n) is 7.88. The number of amides is 1. The molecule has 0 radical (unpaired) electrons. The summed E-state index contributed by atoms with van der Waals surface area (Å²) in [7, 11) is 0. The molecule has 0 spiro atoms. The summed E-state index contributed by atoms with van der Waals surface area (Å²) in [4.78, 5) is 11.4. The number of halogens is 1. The molecule has 1 aromatic rings. The Morgan fingerprint density at radius 1 is 1.57 bits per heavy atom. The minimum absolute atomic E-state index is 0.0330. The minimum atomic E-state index is -0.142. The van der Waals surface area contributed by atoms with Crippen LogP contribution in [0, 0.1) is 10.5 Å². The third kappa shape index (κ3) is 2.95. The molecular weight excluding hydrogens is 293 g/mol. The molecule has 0 bridgehead atoms. The summed E-state index contributed by atoms with van der Waals surface area (Å²) in [5.41, 5.74) is 1.79. The summed E-state index contributed by atoms with van der Waals surface area (Å²) in [6, 6.07) is 5.53. The predicted molar refractivity (Wildman–Crippen MR) is 63.3 cm³/mol. The first-order valence-corrected chi connectivity index (χ1v) is 5.38. The molecule has 0 heterocycles. The molecule has 0 unspecified atom stereocenters. The number of rotatable bonds is 3. The second kappa shape index (κ2) is 5.31. The van der Waals surface area contributed by atoms with E-state index in [0.29, 0.717) is 12.1 Å². The van der Waals surface area contributed by atoms with E-state index in [-0.39, 0.29) is 12.5 Å². The van der Waals surface area contributed by atoms with Crippen molar-refractivity contribution in [1.29, 1.82) is 0 Å². The molecule has 0 saturated carbocycles. The van der Waals surface area contributed by atoms with Crippen molar-refractivity contribution in [3.63, 3.8) is 0 Å². The van der Waals surface area contributed by atoms with E-state index in [1.165, 1.54) is 0 Å². The SMILES string of the molecule is Cc1ccc(C(=O)NCCO)cc1I. The molecular formula is C10H12INO2. The van der Waals surface area contributed by atoms with Gasteiger partial charge in [0.05, 0.1) is 6.61 Å². The molecule has 3 nitrogen and oxygen atoms in total. The maximum Gasteiger partial charge on any atom is 0.251 e. The van der Waals surface area contributed by atoms with Gasteiger partial charge < -0.3 is 10.4 Å². The van der Waals surface area contributed by atoms with E-state index in [2.05, 4.69) is 27.9 Å². The Balaban J connectivity index is 2.76. The maximum absolute atomic E-state index is 11.4. The van der Waals surface area contributed by atoms with Crippen LogP contribution in [0.15, 0.2) is 18.2 Å². The van der Waals surface area contributed by atoms with Crippen LogP contribution >= 0.6 is 22.6 Å². The molecule has 0 saturated heterocycles. The van der Waals surface area contributed by atoms with Gasteiger partial charge in [0.15, 0.2) is 0 Å². The topological polar surface area (TPSA) is 49.3 Å². The van der Waals surface area contributed by atoms with Gasteiger partial charge in [-0.3, -0.25) is 4.79 Å². The largest absolute Gasteiger partial charge is 0.395 e. The Hall–Kier alpha value is -0.620. The average Bonchev–Trinajstić information content (AvgIpc) is 2.18. The van der Waals surface area contributed by atoms with Crippen LogP contribution in [0.2, 0.25) is 0 Å². The summed E-state index contributed by atoms with van der Waals surface area (Å²) in [5, 5.41) is 11.1. The van der Waals surface area contributed by atoms with Crippen LogP contribution in [-0.4, -0.2) is 24.2 Å². The van der Waals surface area contributed by atoms with E-state index in [1.54, 1.807) is 6.07 Å². The Bertz CT molecular complexity index is 339. The van der Waals surface area contributed by atoms with Gasteiger partial charge in [0.1, 0.15) is 0 Å². The third-order valence-electron chi connectivity index (χ3n) is 1.83. The summed E-state index contributed by atoms with van der Waals surface area (Å²) in [6.45, 7) is 2.26. The van der Waals surface area contributed by atoms with Crippen molar-refractivity contribution in [1.82, 2.24) is 5.32 Å². The van der Waals surface area contributed by atoms with Crippen LogP contribution in [0.5, 0.6) is 0 Å². The normalized spacial score (nSPS) is 9.93. The summed E-state index contributed by atoms with van der Waals surface area (Å²) >= 11 is 2.19. The molecule has 4 heteroatoms. The fourth-order valence-corrected chi connectivity index (χ4v) is 1.52. The number of hydrogen-bond donors (Lipinski definition) is 2. The molecule has 2 N–H and O–H groups in total. The van der Waals surface area contributed by atoms with Gasteiger partial charge in [-0.05, 0) is 47.2 Å². The fourth-order valence-electron chi connectivity index (χ4n) is 1.01. The fraction of sp³-hybridized carbons (Fsp3) is 0.300. The van der Waals surface area contributed by atoms with Crippen LogP contribution in [-0.2, 0) is 0 Å². The maximum atomic E-state index is 11.4. The lowest BCUT2D eigenvalue weighted by Gasteiger charge is -2.04. The second-order valence-corrected chi connectivity index (χ2v) is 4.11. The van der Waals surface area contributed by atoms with Crippen molar-refractivity contribution < 1.29 is 9.90 Å². The molecule has 76 valence electrons. The van der Waals surface area contributed by atoms with Crippen LogP contribution < -0.4 is 5.32 Å². The molecule has 0 aliphatic rings. The zero-order valence-corrected chi connectivity index (χ0v) is 10.0. The molecule has 0 fully saturated rings. The predicted octanol–water partition coefficient (Wildman–Crippen LogP) is 1.32. The number of aliphatic hydroxyl groups is 1. The number of nitrogens with one attached hydrogen (secondary N) is 1. The van der Waals surface area contributed by atoms with Crippen molar-refractivity contribution in [3.05, 3.63) is 32.9 Å². The second-order valence-electron chi connectivity index (χ2n) is 2.94. The van der Waals surface area contributed by atoms with Gasteiger partial charge in [0, 0.05) is 15.7 Å². The highest BCUT2D eigenvalue weighted by molar-refractivity contribution is 14.1. The van der Waals surface area contributed by atoms with E-state index in [9.17, 15) is 4.79 Å². The van der Waals surface area contributed by atoms with Gasteiger partial charge in [-0.15, -0.1) is 0 Å². The number of carbonyl (C=O) groups excluding carboxylic acids is 1. The molecule has 0 aliphatic heterocycles. The lowest BCUT2D eigenvalue weighted by molar-refractivity contribution is 0.0944. The number of aryl methyl sites for hydroxylation is 1. The van der Waals surface area contributed by atoms with E-state index in [1.807, 2.05) is 19.1 Å². The molecule has 1 amide bonds. The Morgan fingerprint density at radius 2 is 2.29 bits per heavy atom. The van der Waals surface area contributed by atoms with E-state index < -0.39 is 0 Å². The lowest BCUT2D eigenvalue weighted by atomic mass is 10.1. The van der Waals surface area contributed by atoms with Crippen molar-refractivity contribution in [2.75, 3.05) is 13.2 Å². The minimum Gasteiger partial charge on any atom is -0.395 e. The number of hydrogen-bond acceptors (Lipinski definition) is 2. The van der Waals surface area contributed by atoms with Crippen LogP contribution in [0.1, 0.15) is 15.9 Å². The molecule has 1 aromatic carbocycles. The van der Waals surface area contributed by atoms with Crippen LogP contribution in [0.25, 0.3) is 0 Å². The lowest BCUT2D eigenvalue weighted by Crippen LogP contribution is -2.26. The highest BCUT2D eigenvalue weighted by Crippen LogP contribution is 2.13. The number of benzene rings is 1. The van der Waals surface area contributed by atoms with Gasteiger partial charge in [-0.2, -0.15) is 0 Å². The summed E-state index contributed by atoms with van der Waals surface area (Å²) in [5.74, 6) is -0.142. The van der Waals surface area contributed by atoms with Gasteiger partial charge in [0.2, 0.25) is 0 Å². The first-order chi connectivity index (χ1) is 6.65. The Kier molecular flexibility index (Phi) is 4.34. The highest BCUT2D eigenvalue weighted by Gasteiger charge is 2.05. The Morgan fingerprint density at radius 3 is 2.86 bits per heavy atom. The standard InChI is InChI=1S/C10H12INO2/c1-7-2-3-8(6-9(7)11)10(14)12-4-5-13/h2-3,6,13H,4-5H2,1H3,(H,12,14). The monoisotopic (exact) mass is 305 g/mol. The summed E-state index contributed by atoms with van der Waals surface area (Å²) in [6.07, 6.45) is 0. The number of carbonyl (C=O) groups is 1. The van der Waals surface area contributed by atoms with E-state index in [4.69, 9.17) is 5.11 Å². The van der Waals surface area contributed by atoms with Crippen molar-refractivity contribution >= 4 is 28.5 Å². The molecule has 0 aromatic heterocycles. The molecule has 1 rings (SSSR count). The smallest absolute Gasteiger partial charge is 0.251 e. The zero-order chi connectivity index (χ0) is 10.6. The van der Waals surface area contributed by atoms with E-state index in [0.717, 1.165) is 9.13 Å².